The van der Waals surface area contributed by atoms with E-state index in [4.69, 9.17) is 16.3 Å². The summed E-state index contributed by atoms with van der Waals surface area (Å²) in [5.41, 5.74) is 0.701. The van der Waals surface area contributed by atoms with Crippen molar-refractivity contribution < 1.29 is 9.66 Å². The maximum Gasteiger partial charge on any atom is 0.271 e. The van der Waals surface area contributed by atoms with Gasteiger partial charge in [-0.3, -0.25) is 14.8 Å². The summed E-state index contributed by atoms with van der Waals surface area (Å²) in [6, 6.07) is 4.53. The van der Waals surface area contributed by atoms with Gasteiger partial charge in [0.05, 0.1) is 23.6 Å². The molecule has 17 heavy (non-hydrogen) atoms. The number of epoxide rings is 1. The van der Waals surface area contributed by atoms with Crippen LogP contribution in [0.5, 0.6) is 0 Å². The molecule has 6 nitrogen and oxygen atoms in total. The molecule has 1 aliphatic heterocycles. The third-order valence-electron chi connectivity index (χ3n) is 2.68. The molecule has 1 aromatic heterocycles. The summed E-state index contributed by atoms with van der Waals surface area (Å²) in [6.45, 7) is 1.28. The van der Waals surface area contributed by atoms with E-state index >= 15 is 0 Å². The lowest BCUT2D eigenvalue weighted by atomic mass is 10.2. The molecule has 0 radical (unpaired) electrons. The smallest absolute Gasteiger partial charge is 0.271 e. The van der Waals surface area contributed by atoms with Crippen LogP contribution in [0.3, 0.4) is 0 Å². The fraction of sp³-hybridized carbons (Fsp3) is 0.300. The highest BCUT2D eigenvalue weighted by molar-refractivity contribution is 6.34. The number of nitrogens with zero attached hydrogens (tertiary/aromatic N) is 3. The number of aromatic nitrogens is 2. The Balaban J connectivity index is 2.13. The zero-order valence-electron chi connectivity index (χ0n) is 8.67. The Bertz CT molecular complexity index is 606. The van der Waals surface area contributed by atoms with Crippen molar-refractivity contribution in [2.24, 2.45) is 0 Å². The average Bonchev–Trinajstić information content (AvgIpc) is 3.05. The zero-order valence-corrected chi connectivity index (χ0v) is 9.42. The standard InChI is InChI=1S/C10H8ClN3O3/c11-10-8-2-1-6(14(15)16)3-9(8)13(12-10)4-7-5-17-7/h1-3,7H,4-5H2/t7-/m1/s1. The van der Waals surface area contributed by atoms with Crippen LogP contribution in [-0.4, -0.2) is 27.4 Å². The number of nitro groups is 1. The summed E-state index contributed by atoms with van der Waals surface area (Å²) >= 11 is 5.97. The second-order valence-corrected chi connectivity index (χ2v) is 4.24. The number of rotatable bonds is 3. The van der Waals surface area contributed by atoms with Crippen molar-refractivity contribution in [1.29, 1.82) is 0 Å². The Kier molecular flexibility index (Phi) is 2.27. The first-order valence-electron chi connectivity index (χ1n) is 5.07. The highest BCUT2D eigenvalue weighted by Gasteiger charge is 2.25. The Morgan fingerprint density at radius 2 is 2.41 bits per heavy atom. The normalized spacial score (nSPS) is 18.5. The van der Waals surface area contributed by atoms with Gasteiger partial charge in [-0.05, 0) is 6.07 Å². The van der Waals surface area contributed by atoms with E-state index in [1.165, 1.54) is 12.1 Å². The van der Waals surface area contributed by atoms with E-state index in [1.807, 2.05) is 0 Å². The van der Waals surface area contributed by atoms with E-state index < -0.39 is 4.92 Å². The van der Waals surface area contributed by atoms with Gasteiger partial charge in [0, 0.05) is 17.5 Å². The molecule has 0 N–H and O–H groups in total. The molecule has 0 amide bonds. The number of ether oxygens (including phenoxy) is 1. The summed E-state index contributed by atoms with van der Waals surface area (Å²) in [7, 11) is 0. The first-order chi connectivity index (χ1) is 8.15. The van der Waals surface area contributed by atoms with Crippen molar-refractivity contribution >= 4 is 28.2 Å². The van der Waals surface area contributed by atoms with Crippen molar-refractivity contribution in [3.05, 3.63) is 33.5 Å². The summed E-state index contributed by atoms with van der Waals surface area (Å²) < 4.78 is 6.77. The Hall–Kier alpha value is -1.66. The van der Waals surface area contributed by atoms with Gasteiger partial charge in [0.25, 0.3) is 5.69 Å². The minimum absolute atomic E-state index is 0.0343. The lowest BCUT2D eigenvalue weighted by molar-refractivity contribution is -0.384. The molecule has 3 rings (SSSR count). The topological polar surface area (TPSA) is 73.5 Å². The molecule has 0 unspecified atom stereocenters. The number of non-ortho nitro benzene ring substituents is 1. The molecule has 88 valence electrons. The van der Waals surface area contributed by atoms with Crippen LogP contribution in [0.25, 0.3) is 10.9 Å². The zero-order chi connectivity index (χ0) is 12.0. The molecule has 0 saturated carbocycles. The second-order valence-electron chi connectivity index (χ2n) is 3.89. The van der Waals surface area contributed by atoms with Crippen LogP contribution in [0.2, 0.25) is 5.15 Å². The third-order valence-corrected chi connectivity index (χ3v) is 2.96. The molecule has 0 bridgehead atoms. The summed E-state index contributed by atoms with van der Waals surface area (Å²) in [5.74, 6) is 0. The van der Waals surface area contributed by atoms with Crippen LogP contribution in [0.4, 0.5) is 5.69 Å². The van der Waals surface area contributed by atoms with Gasteiger partial charge in [0.15, 0.2) is 5.15 Å². The number of fused-ring (bicyclic) bond motifs is 1. The largest absolute Gasteiger partial charge is 0.371 e. The van der Waals surface area contributed by atoms with Crippen molar-refractivity contribution in [2.45, 2.75) is 12.6 Å². The Labute approximate surface area is 101 Å². The van der Waals surface area contributed by atoms with E-state index in [-0.39, 0.29) is 11.8 Å². The Morgan fingerprint density at radius 1 is 1.65 bits per heavy atom. The van der Waals surface area contributed by atoms with Gasteiger partial charge in [0.2, 0.25) is 0 Å². The van der Waals surface area contributed by atoms with Crippen molar-refractivity contribution in [3.63, 3.8) is 0 Å². The van der Waals surface area contributed by atoms with E-state index in [0.29, 0.717) is 23.8 Å². The first kappa shape index (κ1) is 10.5. The van der Waals surface area contributed by atoms with Crippen molar-refractivity contribution in [1.82, 2.24) is 9.78 Å². The van der Waals surface area contributed by atoms with Crippen LogP contribution >= 0.6 is 11.6 Å². The molecule has 2 heterocycles. The fourth-order valence-corrected chi connectivity index (χ4v) is 1.99. The van der Waals surface area contributed by atoms with E-state index in [0.717, 1.165) is 5.39 Å². The lowest BCUT2D eigenvalue weighted by Crippen LogP contribution is -2.05. The number of hydrogen-bond donors (Lipinski definition) is 0. The highest BCUT2D eigenvalue weighted by Crippen LogP contribution is 2.27. The molecule has 1 fully saturated rings. The molecule has 0 spiro atoms. The molecular weight excluding hydrogens is 246 g/mol. The van der Waals surface area contributed by atoms with Gasteiger partial charge >= 0.3 is 0 Å². The van der Waals surface area contributed by atoms with Gasteiger partial charge < -0.3 is 4.74 Å². The Morgan fingerprint density at radius 3 is 3.06 bits per heavy atom. The van der Waals surface area contributed by atoms with Crippen LogP contribution in [0.1, 0.15) is 0 Å². The van der Waals surface area contributed by atoms with Gasteiger partial charge in [-0.15, -0.1) is 0 Å². The molecule has 1 aromatic carbocycles. The summed E-state index contributed by atoms with van der Waals surface area (Å²) in [6.07, 6.45) is 0.147. The molecule has 0 aliphatic carbocycles. The number of hydrogen-bond acceptors (Lipinski definition) is 4. The minimum atomic E-state index is -0.432. The monoisotopic (exact) mass is 253 g/mol. The van der Waals surface area contributed by atoms with E-state index in [9.17, 15) is 10.1 Å². The predicted molar refractivity (Wildman–Crippen MR) is 61.1 cm³/mol. The SMILES string of the molecule is O=[N+]([O-])c1ccc2c(Cl)nn(C[C@@H]3CO3)c2c1. The second kappa shape index (κ2) is 3.68. The molecule has 1 atom stereocenters. The van der Waals surface area contributed by atoms with E-state index in [1.54, 1.807) is 10.7 Å². The fourth-order valence-electron chi connectivity index (χ4n) is 1.74. The molecule has 2 aromatic rings. The van der Waals surface area contributed by atoms with Gasteiger partial charge in [-0.1, -0.05) is 11.6 Å². The maximum absolute atomic E-state index is 10.7. The molecule has 7 heteroatoms. The highest BCUT2D eigenvalue weighted by atomic mass is 35.5. The van der Waals surface area contributed by atoms with E-state index in [2.05, 4.69) is 5.10 Å². The van der Waals surface area contributed by atoms with Crippen LogP contribution in [0.15, 0.2) is 18.2 Å². The van der Waals surface area contributed by atoms with Crippen LogP contribution in [0, 0.1) is 10.1 Å². The summed E-state index contributed by atoms with van der Waals surface area (Å²) in [4.78, 5) is 10.3. The molecule has 1 saturated heterocycles. The van der Waals surface area contributed by atoms with Crippen LogP contribution in [-0.2, 0) is 11.3 Å². The van der Waals surface area contributed by atoms with Gasteiger partial charge in [-0.25, -0.2) is 0 Å². The van der Waals surface area contributed by atoms with Gasteiger partial charge in [0.1, 0.15) is 6.10 Å². The quantitative estimate of drug-likeness (QED) is 0.476. The minimum Gasteiger partial charge on any atom is -0.371 e. The number of benzene rings is 1. The van der Waals surface area contributed by atoms with Crippen molar-refractivity contribution in [3.8, 4) is 0 Å². The van der Waals surface area contributed by atoms with Crippen molar-refractivity contribution in [2.75, 3.05) is 6.61 Å². The molecule has 1 aliphatic rings. The number of nitro benzene ring substituents is 1. The lowest BCUT2D eigenvalue weighted by Gasteiger charge is -1.99. The molecular formula is C10H8ClN3O3. The third kappa shape index (κ3) is 1.85. The first-order valence-corrected chi connectivity index (χ1v) is 5.45. The number of halogens is 1. The maximum atomic E-state index is 10.7. The predicted octanol–water partition coefficient (Wildman–Crippen LogP) is 2.00. The summed E-state index contributed by atoms with van der Waals surface area (Å²) in [5, 5.41) is 15.9. The average molecular weight is 254 g/mol. The van der Waals surface area contributed by atoms with Gasteiger partial charge in [-0.2, -0.15) is 5.10 Å². The van der Waals surface area contributed by atoms with Crippen LogP contribution < -0.4 is 0 Å².